The first-order chi connectivity index (χ1) is 8.74. The first kappa shape index (κ1) is 16.1. The van der Waals surface area contributed by atoms with E-state index in [9.17, 15) is 15.2 Å². The predicted molar refractivity (Wildman–Crippen MR) is 78.0 cm³/mol. The van der Waals surface area contributed by atoms with Gasteiger partial charge in [-0.25, -0.2) is 0 Å². The molecule has 0 aliphatic rings. The Balaban J connectivity index is 2.73. The second kappa shape index (κ2) is 6.45. The fraction of sp³-hybridized carbons (Fsp3) is 0.538. The van der Waals surface area contributed by atoms with Crippen molar-refractivity contribution < 1.29 is 10.0 Å². The Labute approximate surface area is 121 Å². The summed E-state index contributed by atoms with van der Waals surface area (Å²) in [5, 5.41) is 24.1. The highest BCUT2D eigenvalue weighted by Gasteiger charge is 2.24. The molecule has 0 heterocycles. The molecule has 0 saturated carbocycles. The van der Waals surface area contributed by atoms with E-state index in [-0.39, 0.29) is 11.6 Å². The summed E-state index contributed by atoms with van der Waals surface area (Å²) in [6, 6.07) is 4.84. The summed E-state index contributed by atoms with van der Waals surface area (Å²) in [7, 11) is 0. The summed E-state index contributed by atoms with van der Waals surface area (Å²) in [6.45, 7) is 6.35. The number of aliphatic hydroxyl groups is 1. The van der Waals surface area contributed by atoms with Crippen LogP contribution in [0.4, 0.5) is 5.69 Å². The molecule has 106 valence electrons. The summed E-state index contributed by atoms with van der Waals surface area (Å²) >= 11 is 3.30. The van der Waals surface area contributed by atoms with Gasteiger partial charge >= 0.3 is 0 Å². The zero-order valence-electron chi connectivity index (χ0n) is 11.3. The maximum absolute atomic E-state index is 10.9. The zero-order valence-corrected chi connectivity index (χ0v) is 12.9. The minimum Gasteiger partial charge on any atom is -0.389 e. The summed E-state index contributed by atoms with van der Waals surface area (Å²) in [4.78, 5) is 10.5. The zero-order chi connectivity index (χ0) is 14.6. The van der Waals surface area contributed by atoms with E-state index in [1.165, 1.54) is 6.07 Å². The number of nitrogens with zero attached hydrogens (tertiary/aromatic N) is 1. The van der Waals surface area contributed by atoms with Crippen LogP contribution in [-0.2, 0) is 6.54 Å². The van der Waals surface area contributed by atoms with Gasteiger partial charge in [0.05, 0.1) is 10.5 Å². The minimum atomic E-state index is -0.833. The van der Waals surface area contributed by atoms with E-state index >= 15 is 0 Å². The lowest BCUT2D eigenvalue weighted by atomic mass is 9.92. The molecule has 0 aromatic heterocycles. The SMILES string of the molecule is CC(C)C(C)(O)CNCc1cc(Br)ccc1[N+](=O)[O-]. The van der Waals surface area contributed by atoms with Gasteiger partial charge < -0.3 is 10.4 Å². The maximum atomic E-state index is 10.9. The molecule has 5 nitrogen and oxygen atoms in total. The number of halogens is 1. The molecule has 2 N–H and O–H groups in total. The molecule has 0 spiro atoms. The summed E-state index contributed by atoms with van der Waals surface area (Å²) in [5.74, 6) is 0.109. The lowest BCUT2D eigenvalue weighted by molar-refractivity contribution is -0.385. The third-order valence-electron chi connectivity index (χ3n) is 3.28. The molecular formula is C13H19BrN2O3. The van der Waals surface area contributed by atoms with Crippen molar-refractivity contribution in [3.8, 4) is 0 Å². The van der Waals surface area contributed by atoms with Gasteiger partial charge in [0, 0.05) is 29.2 Å². The van der Waals surface area contributed by atoms with Crippen molar-refractivity contribution in [1.82, 2.24) is 5.32 Å². The molecule has 0 radical (unpaired) electrons. The van der Waals surface area contributed by atoms with Crippen LogP contribution in [-0.4, -0.2) is 22.2 Å². The van der Waals surface area contributed by atoms with Crippen LogP contribution < -0.4 is 5.32 Å². The molecule has 0 aliphatic heterocycles. The third kappa shape index (κ3) is 4.56. The van der Waals surface area contributed by atoms with Gasteiger partial charge in [0.1, 0.15) is 0 Å². The molecule has 1 aromatic rings. The van der Waals surface area contributed by atoms with E-state index in [4.69, 9.17) is 0 Å². The smallest absolute Gasteiger partial charge is 0.273 e. The minimum absolute atomic E-state index is 0.0832. The largest absolute Gasteiger partial charge is 0.389 e. The van der Waals surface area contributed by atoms with Crippen LogP contribution in [0.15, 0.2) is 22.7 Å². The van der Waals surface area contributed by atoms with E-state index < -0.39 is 10.5 Å². The first-order valence-corrected chi connectivity index (χ1v) is 6.89. The average molecular weight is 331 g/mol. The van der Waals surface area contributed by atoms with Crippen LogP contribution >= 0.6 is 15.9 Å². The number of hydrogen-bond acceptors (Lipinski definition) is 4. The van der Waals surface area contributed by atoms with Crippen molar-refractivity contribution in [2.24, 2.45) is 5.92 Å². The van der Waals surface area contributed by atoms with Crippen molar-refractivity contribution in [3.05, 3.63) is 38.3 Å². The van der Waals surface area contributed by atoms with Gasteiger partial charge in [-0.2, -0.15) is 0 Å². The van der Waals surface area contributed by atoms with Crippen LogP contribution in [0.25, 0.3) is 0 Å². The normalized spacial score (nSPS) is 14.4. The molecular weight excluding hydrogens is 312 g/mol. The van der Waals surface area contributed by atoms with Crippen molar-refractivity contribution in [2.45, 2.75) is 32.9 Å². The fourth-order valence-corrected chi connectivity index (χ4v) is 1.94. The molecule has 19 heavy (non-hydrogen) atoms. The van der Waals surface area contributed by atoms with Gasteiger partial charge in [0.2, 0.25) is 0 Å². The molecule has 0 saturated heterocycles. The molecule has 0 aliphatic carbocycles. The Bertz CT molecular complexity index is 461. The second-order valence-corrected chi connectivity index (χ2v) is 6.06. The van der Waals surface area contributed by atoms with E-state index in [0.29, 0.717) is 18.7 Å². The summed E-state index contributed by atoms with van der Waals surface area (Å²) < 4.78 is 0.797. The molecule has 0 amide bonds. The van der Waals surface area contributed by atoms with Crippen molar-refractivity contribution in [3.63, 3.8) is 0 Å². The predicted octanol–water partition coefficient (Wildman–Crippen LogP) is 2.85. The molecule has 1 rings (SSSR count). The average Bonchev–Trinajstić information content (AvgIpc) is 2.28. The number of nitro groups is 1. The van der Waals surface area contributed by atoms with Gasteiger partial charge in [-0.15, -0.1) is 0 Å². The molecule has 1 unspecified atom stereocenters. The fourth-order valence-electron chi connectivity index (χ4n) is 1.53. The highest BCUT2D eigenvalue weighted by atomic mass is 79.9. The van der Waals surface area contributed by atoms with Crippen LogP contribution in [0.2, 0.25) is 0 Å². The highest BCUT2D eigenvalue weighted by Crippen LogP contribution is 2.23. The lowest BCUT2D eigenvalue weighted by Gasteiger charge is -2.27. The molecule has 1 aromatic carbocycles. The summed E-state index contributed by atoms with van der Waals surface area (Å²) in [5.41, 5.74) is -0.153. The first-order valence-electron chi connectivity index (χ1n) is 6.10. The number of hydrogen-bond donors (Lipinski definition) is 2. The van der Waals surface area contributed by atoms with Crippen LogP contribution in [0.3, 0.4) is 0 Å². The van der Waals surface area contributed by atoms with Crippen LogP contribution in [0, 0.1) is 16.0 Å². The summed E-state index contributed by atoms with van der Waals surface area (Å²) in [6.07, 6.45) is 0. The van der Waals surface area contributed by atoms with Crippen molar-refractivity contribution in [1.29, 1.82) is 0 Å². The monoisotopic (exact) mass is 330 g/mol. The number of nitrogens with one attached hydrogen (secondary N) is 1. The third-order valence-corrected chi connectivity index (χ3v) is 3.77. The standard InChI is InChI=1S/C13H19BrN2O3/c1-9(2)13(3,17)8-15-7-10-6-11(14)4-5-12(10)16(18)19/h4-6,9,15,17H,7-8H2,1-3H3. The van der Waals surface area contributed by atoms with E-state index in [1.807, 2.05) is 13.8 Å². The molecule has 6 heteroatoms. The Kier molecular flexibility index (Phi) is 5.46. The Morgan fingerprint density at radius 2 is 2.16 bits per heavy atom. The maximum Gasteiger partial charge on any atom is 0.273 e. The van der Waals surface area contributed by atoms with Gasteiger partial charge in [0.15, 0.2) is 0 Å². The quantitative estimate of drug-likeness (QED) is 0.621. The van der Waals surface area contributed by atoms with E-state index in [2.05, 4.69) is 21.2 Å². The van der Waals surface area contributed by atoms with Crippen molar-refractivity contribution in [2.75, 3.05) is 6.54 Å². The topological polar surface area (TPSA) is 75.4 Å². The van der Waals surface area contributed by atoms with Crippen LogP contribution in [0.1, 0.15) is 26.3 Å². The lowest BCUT2D eigenvalue weighted by Crippen LogP contribution is -2.42. The van der Waals surface area contributed by atoms with Gasteiger partial charge in [-0.1, -0.05) is 29.8 Å². The Hall–Kier alpha value is -0.980. The Morgan fingerprint density at radius 3 is 2.68 bits per heavy atom. The van der Waals surface area contributed by atoms with E-state index in [0.717, 1.165) is 4.47 Å². The number of benzene rings is 1. The van der Waals surface area contributed by atoms with E-state index in [1.54, 1.807) is 19.1 Å². The second-order valence-electron chi connectivity index (χ2n) is 5.15. The molecule has 0 bridgehead atoms. The Morgan fingerprint density at radius 1 is 1.53 bits per heavy atom. The molecule has 0 fully saturated rings. The van der Waals surface area contributed by atoms with Gasteiger partial charge in [-0.3, -0.25) is 10.1 Å². The van der Waals surface area contributed by atoms with Crippen molar-refractivity contribution >= 4 is 21.6 Å². The highest BCUT2D eigenvalue weighted by molar-refractivity contribution is 9.10. The van der Waals surface area contributed by atoms with Crippen LogP contribution in [0.5, 0.6) is 0 Å². The van der Waals surface area contributed by atoms with Gasteiger partial charge in [-0.05, 0) is 25.0 Å². The number of nitro benzene ring substituents is 1. The van der Waals surface area contributed by atoms with Gasteiger partial charge in [0.25, 0.3) is 5.69 Å². The number of rotatable bonds is 6. The molecule has 1 atom stereocenters.